The van der Waals surface area contributed by atoms with E-state index in [0.29, 0.717) is 43.9 Å². The lowest BCUT2D eigenvalue weighted by Crippen LogP contribution is -2.52. The van der Waals surface area contributed by atoms with Gasteiger partial charge >= 0.3 is 0 Å². The van der Waals surface area contributed by atoms with E-state index in [1.54, 1.807) is 18.5 Å². The van der Waals surface area contributed by atoms with Crippen LogP contribution in [-0.4, -0.2) is 62.6 Å². The topological polar surface area (TPSA) is 189 Å². The monoisotopic (exact) mass is 840 g/mol. The lowest BCUT2D eigenvalue weighted by Gasteiger charge is -2.29. The molecule has 0 spiro atoms. The molecular weight excluding hydrogens is 793 g/mol. The highest BCUT2D eigenvalue weighted by atomic mass is 32.2. The molecule has 5 N–H and O–H groups in total. The molecule has 1 saturated carbocycles. The van der Waals surface area contributed by atoms with E-state index in [2.05, 4.69) is 25.9 Å². The van der Waals surface area contributed by atoms with Crippen molar-refractivity contribution in [2.24, 2.45) is 11.7 Å². The molecule has 1 aromatic heterocycles. The van der Waals surface area contributed by atoms with Crippen LogP contribution < -0.4 is 31.3 Å². The van der Waals surface area contributed by atoms with Crippen LogP contribution in [-0.2, 0) is 32.3 Å². The van der Waals surface area contributed by atoms with Gasteiger partial charge in [-0.3, -0.25) is 29.3 Å². The largest absolute Gasteiger partial charge is 0.494 e. The maximum atomic E-state index is 13.2. The lowest BCUT2D eigenvalue weighted by molar-refractivity contribution is -0.137. The molecule has 1 aliphatic carbocycles. The maximum Gasteiger partial charge on any atom is 0.255 e. The summed E-state index contributed by atoms with van der Waals surface area (Å²) in [5.41, 5.74) is 9.61. The number of hydrogen-bond acceptors (Lipinski definition) is 11. The Morgan fingerprint density at radius 1 is 0.984 bits per heavy atom. The summed E-state index contributed by atoms with van der Waals surface area (Å²) < 4.78 is 5.96. The number of amides is 5. The molecule has 314 valence electrons. The SMILES string of the molecule is CC1(N)C=CN(c2cnc(Sc3cccc(NC(=O)CCCCCOc4ccc(C5CC5C(=O)NCc5ccc6c(c5)C(=O)N(C5CCC(=O)NC5=O)C6)cc4)c3)cn2)C=C1. The number of anilines is 2. The number of hydrogen-bond donors (Lipinski definition) is 4. The fraction of sp³-hybridized carbons (Fsp3) is 0.326. The number of carbonyl (C=O) groups excluding carboxylic acids is 5. The van der Waals surface area contributed by atoms with Crippen LogP contribution in [0.3, 0.4) is 0 Å². The number of rotatable bonds is 16. The van der Waals surface area contributed by atoms with Crippen LogP contribution >= 0.6 is 11.8 Å². The van der Waals surface area contributed by atoms with E-state index in [1.165, 1.54) is 16.7 Å². The van der Waals surface area contributed by atoms with E-state index in [9.17, 15) is 24.0 Å². The van der Waals surface area contributed by atoms with Gasteiger partial charge in [0.2, 0.25) is 23.6 Å². The minimum absolute atomic E-state index is 0.0262. The highest BCUT2D eigenvalue weighted by Gasteiger charge is 2.44. The Morgan fingerprint density at radius 3 is 2.57 bits per heavy atom. The van der Waals surface area contributed by atoms with Gasteiger partial charge in [0.05, 0.1) is 24.5 Å². The average molecular weight is 841 g/mol. The summed E-state index contributed by atoms with van der Waals surface area (Å²) in [4.78, 5) is 76.2. The number of imide groups is 1. The molecule has 0 radical (unpaired) electrons. The average Bonchev–Trinajstić information content (AvgIpc) is 3.99. The fourth-order valence-corrected chi connectivity index (χ4v) is 8.45. The summed E-state index contributed by atoms with van der Waals surface area (Å²) in [7, 11) is 0. The van der Waals surface area contributed by atoms with Crippen molar-refractivity contribution in [2.75, 3.05) is 16.8 Å². The number of nitrogens with one attached hydrogen (secondary N) is 3. The zero-order chi connectivity index (χ0) is 42.5. The lowest BCUT2D eigenvalue weighted by atomic mass is 10.0. The van der Waals surface area contributed by atoms with Gasteiger partial charge in [0.1, 0.15) is 16.8 Å². The number of piperidine rings is 1. The number of ether oxygens (including phenoxy) is 1. The third-order valence-electron chi connectivity index (χ3n) is 11.2. The molecule has 4 aliphatic rings. The fourth-order valence-electron chi connectivity index (χ4n) is 7.67. The van der Waals surface area contributed by atoms with Crippen molar-refractivity contribution in [2.45, 2.75) is 92.4 Å². The summed E-state index contributed by atoms with van der Waals surface area (Å²) in [5.74, 6) is 0.433. The van der Waals surface area contributed by atoms with Crippen molar-refractivity contribution in [3.8, 4) is 5.75 Å². The van der Waals surface area contributed by atoms with Gasteiger partial charge in [-0.15, -0.1) is 0 Å². The van der Waals surface area contributed by atoms with Gasteiger partial charge in [-0.05, 0) is 110 Å². The number of fused-ring (bicyclic) bond motifs is 1. The number of aromatic nitrogens is 2. The third-order valence-corrected chi connectivity index (χ3v) is 12.1. The maximum absolute atomic E-state index is 13.2. The first-order chi connectivity index (χ1) is 29.5. The second kappa shape index (κ2) is 18.1. The number of nitrogens with two attached hydrogens (primary N) is 1. The van der Waals surface area contributed by atoms with Gasteiger partial charge in [-0.1, -0.05) is 42.1 Å². The first-order valence-corrected chi connectivity index (χ1v) is 21.4. The molecule has 2 fully saturated rings. The Bertz CT molecular complexity index is 2370. The highest BCUT2D eigenvalue weighted by molar-refractivity contribution is 7.99. The van der Waals surface area contributed by atoms with Crippen molar-refractivity contribution in [3.05, 3.63) is 126 Å². The Balaban J connectivity index is 0.701. The van der Waals surface area contributed by atoms with E-state index < -0.39 is 17.5 Å². The second-order valence-electron chi connectivity index (χ2n) is 16.1. The van der Waals surface area contributed by atoms with Crippen molar-refractivity contribution in [1.29, 1.82) is 0 Å². The summed E-state index contributed by atoms with van der Waals surface area (Å²) in [6.45, 7) is 3.08. The quantitative estimate of drug-likeness (QED) is 0.0771. The Morgan fingerprint density at radius 2 is 1.80 bits per heavy atom. The first-order valence-electron chi connectivity index (χ1n) is 20.6. The molecule has 3 aromatic carbocycles. The number of carbonyl (C=O) groups is 5. The highest BCUT2D eigenvalue weighted by Crippen LogP contribution is 2.48. The second-order valence-corrected chi connectivity index (χ2v) is 17.2. The Labute approximate surface area is 358 Å². The van der Waals surface area contributed by atoms with E-state index in [0.717, 1.165) is 63.7 Å². The summed E-state index contributed by atoms with van der Waals surface area (Å²) in [6.07, 6.45) is 15.1. The van der Waals surface area contributed by atoms with E-state index in [4.69, 9.17) is 10.5 Å². The molecule has 8 rings (SSSR count). The molecule has 3 aliphatic heterocycles. The smallest absolute Gasteiger partial charge is 0.255 e. The Hall–Kier alpha value is -6.32. The van der Waals surface area contributed by atoms with Crippen LogP contribution in [0.25, 0.3) is 0 Å². The number of benzene rings is 3. The predicted octanol–water partition coefficient (Wildman–Crippen LogP) is 5.95. The molecule has 0 bridgehead atoms. The zero-order valence-corrected chi connectivity index (χ0v) is 34.7. The van der Waals surface area contributed by atoms with Gasteiger partial charge < -0.3 is 30.9 Å². The van der Waals surface area contributed by atoms with Gasteiger partial charge in [-0.2, -0.15) is 0 Å². The normalized spacial score (nSPS) is 20.0. The number of nitrogens with zero attached hydrogens (tertiary/aromatic N) is 4. The van der Waals surface area contributed by atoms with Gasteiger partial charge in [0.25, 0.3) is 5.91 Å². The van der Waals surface area contributed by atoms with Gasteiger partial charge in [-0.25, -0.2) is 9.97 Å². The molecule has 61 heavy (non-hydrogen) atoms. The molecule has 15 heteroatoms. The van der Waals surface area contributed by atoms with E-state index in [1.807, 2.05) is 97.0 Å². The predicted molar refractivity (Wildman–Crippen MR) is 230 cm³/mol. The van der Waals surface area contributed by atoms with Crippen LogP contribution in [0, 0.1) is 5.92 Å². The molecule has 1 saturated heterocycles. The molecule has 4 aromatic rings. The molecular formula is C46H48N8O6S. The van der Waals surface area contributed by atoms with Crippen molar-refractivity contribution in [1.82, 2.24) is 25.5 Å². The van der Waals surface area contributed by atoms with Crippen LogP contribution in [0.15, 0.2) is 114 Å². The molecule has 3 unspecified atom stereocenters. The van der Waals surface area contributed by atoms with E-state index in [-0.39, 0.29) is 41.9 Å². The summed E-state index contributed by atoms with van der Waals surface area (Å²) >= 11 is 1.47. The summed E-state index contributed by atoms with van der Waals surface area (Å²) in [6, 6.07) is 20.5. The Kier molecular flexibility index (Phi) is 12.3. The van der Waals surface area contributed by atoms with Crippen LogP contribution in [0.4, 0.5) is 11.5 Å². The zero-order valence-electron chi connectivity index (χ0n) is 33.8. The molecule has 5 amide bonds. The van der Waals surface area contributed by atoms with Gasteiger partial charge in [0, 0.05) is 60.4 Å². The summed E-state index contributed by atoms with van der Waals surface area (Å²) in [5, 5.41) is 9.09. The van der Waals surface area contributed by atoms with Crippen molar-refractivity contribution >= 4 is 52.8 Å². The van der Waals surface area contributed by atoms with Crippen molar-refractivity contribution < 1.29 is 28.7 Å². The van der Waals surface area contributed by atoms with Crippen LogP contribution in [0.1, 0.15) is 84.8 Å². The molecule has 3 atom stereocenters. The number of unbranched alkanes of at least 4 members (excludes halogenated alkanes) is 2. The van der Waals surface area contributed by atoms with Crippen molar-refractivity contribution in [3.63, 3.8) is 0 Å². The molecule has 4 heterocycles. The minimum Gasteiger partial charge on any atom is -0.494 e. The van der Waals surface area contributed by atoms with Crippen LogP contribution in [0.5, 0.6) is 5.75 Å². The van der Waals surface area contributed by atoms with Gasteiger partial charge in [0.15, 0.2) is 5.82 Å². The standard InChI is InChI=1S/C46H48N8O6S/c1-46(47)17-19-53(20-18-46)39-26-49-42(27-48-39)61-34-7-5-6-32(23-34)51-40(55)8-3-2-4-21-60-33-13-11-30(12-14-33)35-24-37(35)43(57)50-25-29-9-10-31-28-54(45(59)36(31)22-29)38-15-16-41(56)52-44(38)58/h5-7,9-14,17-20,22-23,26-27,35,37-38H,2-4,8,15-16,21,24-25,28,47H2,1H3,(H,50,57)(H,51,55)(H,52,56,58). The van der Waals surface area contributed by atoms with Crippen LogP contribution in [0.2, 0.25) is 0 Å². The first kappa shape index (κ1) is 41.4. The third kappa shape index (κ3) is 10.4. The van der Waals surface area contributed by atoms with E-state index >= 15 is 0 Å². The minimum atomic E-state index is -0.660. The molecule has 14 nitrogen and oxygen atoms in total.